The van der Waals surface area contributed by atoms with Gasteiger partial charge in [0.25, 0.3) is 5.92 Å². The summed E-state index contributed by atoms with van der Waals surface area (Å²) in [6.45, 7) is 0.494. The molecule has 0 N–H and O–H groups in total. The van der Waals surface area contributed by atoms with Crippen molar-refractivity contribution in [2.75, 3.05) is 6.54 Å². The predicted molar refractivity (Wildman–Crippen MR) is 50.9 cm³/mol. The van der Waals surface area contributed by atoms with Gasteiger partial charge in [-0.2, -0.15) is 0 Å². The molecule has 0 fully saturated rings. The molecule has 1 radical (unpaired) electrons. The van der Waals surface area contributed by atoms with E-state index in [4.69, 9.17) is 0 Å². The van der Waals surface area contributed by atoms with Gasteiger partial charge in [-0.3, -0.25) is 0 Å². The van der Waals surface area contributed by atoms with Crippen molar-refractivity contribution >= 4 is 5.71 Å². The van der Waals surface area contributed by atoms with Crippen molar-refractivity contribution in [2.24, 2.45) is 4.99 Å². The first-order valence-corrected chi connectivity index (χ1v) is 4.60. The van der Waals surface area contributed by atoms with Crippen LogP contribution in [-0.2, 0) is 20.1 Å². The molecule has 1 aliphatic rings. The molecule has 1 aromatic carbocycles. The van der Waals surface area contributed by atoms with E-state index in [0.29, 0.717) is 18.5 Å². The van der Waals surface area contributed by atoms with E-state index < -0.39 is 5.92 Å². The molecule has 0 aromatic heterocycles. The maximum atomic E-state index is 13.4. The monoisotopic (exact) mass is 387 g/mol. The van der Waals surface area contributed by atoms with Gasteiger partial charge in [-0.1, -0.05) is 0 Å². The van der Waals surface area contributed by atoms with Crippen molar-refractivity contribution in [1.29, 1.82) is 0 Å². The van der Waals surface area contributed by atoms with Gasteiger partial charge in [0.1, 0.15) is 0 Å². The summed E-state index contributed by atoms with van der Waals surface area (Å²) >= 11 is 0. The van der Waals surface area contributed by atoms with Crippen LogP contribution in [0.15, 0.2) is 29.3 Å². The van der Waals surface area contributed by atoms with Gasteiger partial charge >= 0.3 is 0 Å². The van der Waals surface area contributed by atoms with Crippen molar-refractivity contribution < 1.29 is 28.9 Å². The van der Waals surface area contributed by atoms with Crippen LogP contribution in [0.5, 0.6) is 0 Å². The van der Waals surface area contributed by atoms with Crippen molar-refractivity contribution in [3.8, 4) is 0 Å². The first-order valence-electron chi connectivity index (χ1n) is 4.60. The molecule has 0 aliphatic carbocycles. The van der Waals surface area contributed by atoms with Crippen LogP contribution < -0.4 is 0 Å². The number of alkyl halides is 2. The van der Waals surface area contributed by atoms with Crippen LogP contribution in [0.25, 0.3) is 0 Å². The predicted octanol–water partition coefficient (Wildman–Crippen LogP) is 2.70. The van der Waals surface area contributed by atoms with Crippen LogP contribution in [0.1, 0.15) is 18.4 Å². The second-order valence-electron chi connectivity index (χ2n) is 3.31. The molecule has 2 rings (SSSR count). The Labute approximate surface area is 101 Å². The maximum Gasteiger partial charge on any atom is 0.258 e. The van der Waals surface area contributed by atoms with Gasteiger partial charge in [-0.05, 0) is 6.42 Å². The van der Waals surface area contributed by atoms with Crippen LogP contribution in [0.4, 0.5) is 8.78 Å². The molecule has 1 nitrogen and oxygen atoms in total. The van der Waals surface area contributed by atoms with Crippen LogP contribution in [-0.4, -0.2) is 18.2 Å². The fourth-order valence-electron chi connectivity index (χ4n) is 1.55. The van der Waals surface area contributed by atoms with Crippen molar-refractivity contribution in [1.82, 2.24) is 0 Å². The largest absolute Gasteiger partial charge is 0.331 e. The first-order chi connectivity index (χ1) is 6.70. The smallest absolute Gasteiger partial charge is 0.258 e. The Bertz CT molecular complexity index is 349. The summed E-state index contributed by atoms with van der Waals surface area (Å²) in [7, 11) is 0. The molecule has 0 atom stereocenters. The number of halogens is 2. The number of benzene rings is 1. The van der Waals surface area contributed by atoms with Crippen LogP contribution in [0.2, 0.25) is 0 Å². The molecule has 83 valence electrons. The Hall–Kier alpha value is -0.601. The molecule has 1 aromatic rings. The van der Waals surface area contributed by atoms with E-state index in [1.165, 1.54) is 0 Å². The zero-order valence-corrected chi connectivity index (χ0v) is 10.4. The molecule has 0 saturated heterocycles. The SMILES string of the molecule is FC1(F)CCCN=C1c1[c-]cccc1.[Ir]. The Balaban J connectivity index is 0.00000112. The van der Waals surface area contributed by atoms with Gasteiger partial charge in [0.15, 0.2) is 0 Å². The standard InChI is InChI=1S/C11H10F2N.Ir/c12-11(13)7-4-8-14-10(11)9-5-2-1-3-6-9;/h1-3,5H,4,7-8H2;/q-1;. The molecule has 1 aliphatic heterocycles. The second-order valence-corrected chi connectivity index (χ2v) is 3.31. The average Bonchev–Trinajstić information content (AvgIpc) is 2.18. The van der Waals surface area contributed by atoms with Crippen LogP contribution in [0.3, 0.4) is 0 Å². The summed E-state index contributed by atoms with van der Waals surface area (Å²) in [5, 5.41) is 0. The molecule has 0 spiro atoms. The summed E-state index contributed by atoms with van der Waals surface area (Å²) in [6.07, 6.45) is 0.359. The zero-order valence-electron chi connectivity index (χ0n) is 7.97. The molecule has 0 bridgehead atoms. The molecule has 0 unspecified atom stereocenters. The van der Waals surface area contributed by atoms with Crippen molar-refractivity contribution in [2.45, 2.75) is 18.8 Å². The topological polar surface area (TPSA) is 12.4 Å². The molecule has 0 saturated carbocycles. The first kappa shape index (κ1) is 12.5. The fourth-order valence-corrected chi connectivity index (χ4v) is 1.55. The van der Waals surface area contributed by atoms with Crippen LogP contribution in [0, 0.1) is 6.07 Å². The van der Waals surface area contributed by atoms with Crippen LogP contribution >= 0.6 is 0 Å². The number of hydrogen-bond donors (Lipinski definition) is 0. The summed E-state index contributed by atoms with van der Waals surface area (Å²) in [4.78, 5) is 3.89. The zero-order chi connectivity index (χ0) is 10.0. The van der Waals surface area contributed by atoms with Gasteiger partial charge in [0.05, 0.1) is 0 Å². The number of hydrogen-bond acceptors (Lipinski definition) is 1. The third-order valence-electron chi connectivity index (χ3n) is 2.23. The minimum Gasteiger partial charge on any atom is -0.331 e. The van der Waals surface area contributed by atoms with E-state index in [-0.39, 0.29) is 32.2 Å². The van der Waals surface area contributed by atoms with E-state index in [1.54, 1.807) is 24.3 Å². The van der Waals surface area contributed by atoms with E-state index in [0.717, 1.165) is 0 Å². The summed E-state index contributed by atoms with van der Waals surface area (Å²) in [5.41, 5.74) is 0.307. The van der Waals surface area contributed by atoms with E-state index in [9.17, 15) is 8.78 Å². The summed E-state index contributed by atoms with van der Waals surface area (Å²) < 4.78 is 26.8. The van der Waals surface area contributed by atoms with Crippen molar-refractivity contribution in [3.05, 3.63) is 35.9 Å². The van der Waals surface area contributed by atoms with E-state index in [1.807, 2.05) is 0 Å². The molecule has 4 heteroatoms. The van der Waals surface area contributed by atoms with Gasteiger partial charge in [0.2, 0.25) is 0 Å². The second kappa shape index (κ2) is 4.95. The van der Waals surface area contributed by atoms with Crippen molar-refractivity contribution in [3.63, 3.8) is 0 Å². The quantitative estimate of drug-likeness (QED) is 0.659. The minimum absolute atomic E-state index is 0. The number of aliphatic imine (C=N–C) groups is 1. The van der Waals surface area contributed by atoms with Gasteiger partial charge in [0, 0.05) is 38.8 Å². The third-order valence-corrected chi connectivity index (χ3v) is 2.23. The fraction of sp³-hybridized carbons (Fsp3) is 0.364. The summed E-state index contributed by atoms with van der Waals surface area (Å²) in [5.74, 6) is -2.78. The Kier molecular flexibility index (Phi) is 4.12. The Morgan fingerprint density at radius 3 is 2.73 bits per heavy atom. The molecular weight excluding hydrogens is 376 g/mol. The Morgan fingerprint density at radius 1 is 1.33 bits per heavy atom. The minimum atomic E-state index is -2.78. The average molecular weight is 386 g/mol. The number of nitrogens with zero attached hydrogens (tertiary/aromatic N) is 1. The molecule has 0 amide bonds. The van der Waals surface area contributed by atoms with Gasteiger partial charge < -0.3 is 4.99 Å². The summed E-state index contributed by atoms with van der Waals surface area (Å²) in [6, 6.07) is 9.51. The molecule has 1 heterocycles. The number of rotatable bonds is 1. The third kappa shape index (κ3) is 2.70. The van der Waals surface area contributed by atoms with E-state index >= 15 is 0 Å². The molecular formula is C11H10F2IrN-. The van der Waals surface area contributed by atoms with Gasteiger partial charge in [-0.15, -0.1) is 35.9 Å². The van der Waals surface area contributed by atoms with Gasteiger partial charge in [-0.25, -0.2) is 8.78 Å². The normalized spacial score (nSPS) is 18.9. The molecule has 15 heavy (non-hydrogen) atoms. The van der Waals surface area contributed by atoms with E-state index in [2.05, 4.69) is 11.1 Å². The Morgan fingerprint density at radius 2 is 2.13 bits per heavy atom. The maximum absolute atomic E-state index is 13.4.